The van der Waals surface area contributed by atoms with E-state index in [2.05, 4.69) is 38.5 Å². The summed E-state index contributed by atoms with van der Waals surface area (Å²) >= 11 is 5.71. The number of benzene rings is 1. The lowest BCUT2D eigenvalue weighted by Crippen LogP contribution is -2.23. The highest BCUT2D eigenvalue weighted by molar-refractivity contribution is 7.92. The SMILES string of the molecule is CC(CCl)CS(=O)(=O)Nc1ccc(C(C)C)cc1C(C)C. The average Bonchev–Trinajstić information content (AvgIpc) is 2.37. The summed E-state index contributed by atoms with van der Waals surface area (Å²) in [7, 11) is -3.37. The van der Waals surface area contributed by atoms with Crippen molar-refractivity contribution in [2.75, 3.05) is 16.4 Å². The van der Waals surface area contributed by atoms with Crippen molar-refractivity contribution in [1.82, 2.24) is 0 Å². The summed E-state index contributed by atoms with van der Waals surface area (Å²) in [6.45, 7) is 10.2. The van der Waals surface area contributed by atoms with Crippen molar-refractivity contribution in [2.24, 2.45) is 5.92 Å². The van der Waals surface area contributed by atoms with E-state index in [1.807, 2.05) is 19.1 Å². The zero-order valence-corrected chi connectivity index (χ0v) is 15.1. The summed E-state index contributed by atoms with van der Waals surface area (Å²) in [5.74, 6) is 0.988. The standard InChI is InChI=1S/C16H26ClNO2S/c1-11(2)14-6-7-16(15(8-14)12(3)4)18-21(19,20)10-13(5)9-17/h6-8,11-13,18H,9-10H2,1-5H3. The van der Waals surface area contributed by atoms with Gasteiger partial charge in [0.05, 0.1) is 11.4 Å². The van der Waals surface area contributed by atoms with Crippen LogP contribution in [0.25, 0.3) is 0 Å². The summed E-state index contributed by atoms with van der Waals surface area (Å²) in [6, 6.07) is 5.95. The molecular weight excluding hydrogens is 306 g/mol. The van der Waals surface area contributed by atoms with Gasteiger partial charge < -0.3 is 0 Å². The van der Waals surface area contributed by atoms with E-state index in [9.17, 15) is 8.42 Å². The fourth-order valence-corrected chi connectivity index (χ4v) is 3.85. The van der Waals surface area contributed by atoms with E-state index in [4.69, 9.17) is 11.6 Å². The molecule has 0 radical (unpaired) electrons. The van der Waals surface area contributed by atoms with Gasteiger partial charge >= 0.3 is 0 Å². The van der Waals surface area contributed by atoms with Crippen LogP contribution in [0.15, 0.2) is 18.2 Å². The predicted octanol–water partition coefficient (Wildman–Crippen LogP) is 4.55. The highest BCUT2D eigenvalue weighted by atomic mass is 35.5. The molecule has 1 atom stereocenters. The van der Waals surface area contributed by atoms with E-state index in [1.54, 1.807) is 0 Å². The molecule has 5 heteroatoms. The van der Waals surface area contributed by atoms with Crippen LogP contribution in [-0.2, 0) is 10.0 Å². The normalized spacial score (nSPS) is 13.7. The number of alkyl halides is 1. The molecule has 21 heavy (non-hydrogen) atoms. The second kappa shape index (κ2) is 7.50. The van der Waals surface area contributed by atoms with E-state index in [0.717, 1.165) is 5.56 Å². The van der Waals surface area contributed by atoms with Crippen molar-refractivity contribution >= 4 is 27.3 Å². The first-order valence-electron chi connectivity index (χ1n) is 7.36. The number of anilines is 1. The molecule has 0 aliphatic rings. The lowest BCUT2D eigenvalue weighted by Gasteiger charge is -2.18. The predicted molar refractivity (Wildman–Crippen MR) is 91.9 cm³/mol. The van der Waals surface area contributed by atoms with Crippen LogP contribution in [0.1, 0.15) is 57.6 Å². The zero-order valence-electron chi connectivity index (χ0n) is 13.5. The van der Waals surface area contributed by atoms with Crippen LogP contribution in [0, 0.1) is 5.92 Å². The topological polar surface area (TPSA) is 46.2 Å². The van der Waals surface area contributed by atoms with Crippen LogP contribution in [-0.4, -0.2) is 20.1 Å². The molecule has 120 valence electrons. The number of hydrogen-bond acceptors (Lipinski definition) is 2. The van der Waals surface area contributed by atoms with E-state index < -0.39 is 10.0 Å². The van der Waals surface area contributed by atoms with Crippen molar-refractivity contribution in [3.63, 3.8) is 0 Å². The molecule has 1 aromatic carbocycles. The molecule has 1 unspecified atom stereocenters. The van der Waals surface area contributed by atoms with Crippen LogP contribution >= 0.6 is 11.6 Å². The molecule has 3 nitrogen and oxygen atoms in total. The molecule has 0 aliphatic carbocycles. The van der Waals surface area contributed by atoms with Crippen LogP contribution in [0.2, 0.25) is 0 Å². The molecule has 0 fully saturated rings. The Kier molecular flexibility index (Phi) is 6.54. The lowest BCUT2D eigenvalue weighted by atomic mass is 9.94. The monoisotopic (exact) mass is 331 g/mol. The van der Waals surface area contributed by atoms with Crippen molar-refractivity contribution in [3.05, 3.63) is 29.3 Å². The minimum Gasteiger partial charge on any atom is -0.283 e. The Labute approximate surface area is 134 Å². The molecule has 1 rings (SSSR count). The fourth-order valence-electron chi connectivity index (χ4n) is 2.14. The van der Waals surface area contributed by atoms with E-state index in [1.165, 1.54) is 5.56 Å². The molecule has 1 N–H and O–H groups in total. The molecule has 0 aromatic heterocycles. The van der Waals surface area contributed by atoms with Crippen LogP contribution in [0.3, 0.4) is 0 Å². The Morgan fingerprint density at radius 2 is 1.71 bits per heavy atom. The van der Waals surface area contributed by atoms with Crippen molar-refractivity contribution in [1.29, 1.82) is 0 Å². The van der Waals surface area contributed by atoms with Gasteiger partial charge in [0.15, 0.2) is 0 Å². The molecule has 1 aromatic rings. The third kappa shape index (κ3) is 5.51. The molecule has 0 heterocycles. The second-order valence-electron chi connectivity index (χ2n) is 6.30. The van der Waals surface area contributed by atoms with Gasteiger partial charge in [0.1, 0.15) is 0 Å². The second-order valence-corrected chi connectivity index (χ2v) is 8.37. The van der Waals surface area contributed by atoms with Crippen molar-refractivity contribution < 1.29 is 8.42 Å². The first-order valence-corrected chi connectivity index (χ1v) is 9.55. The third-order valence-corrected chi connectivity index (χ3v) is 5.46. The zero-order chi connectivity index (χ0) is 16.2. The molecule has 0 saturated heterocycles. The van der Waals surface area contributed by atoms with Crippen molar-refractivity contribution in [2.45, 2.75) is 46.5 Å². The largest absolute Gasteiger partial charge is 0.283 e. The third-order valence-electron chi connectivity index (χ3n) is 3.40. The smallest absolute Gasteiger partial charge is 0.233 e. The van der Waals surface area contributed by atoms with E-state index in [-0.39, 0.29) is 17.6 Å². The maximum absolute atomic E-state index is 12.2. The summed E-state index contributed by atoms with van der Waals surface area (Å²) < 4.78 is 27.1. The van der Waals surface area contributed by atoms with Crippen LogP contribution in [0.4, 0.5) is 5.69 Å². The summed E-state index contributed by atoms with van der Waals surface area (Å²) in [5, 5.41) is 0. The van der Waals surface area contributed by atoms with Crippen molar-refractivity contribution in [3.8, 4) is 0 Å². The minimum absolute atomic E-state index is 0.0416. The molecule has 0 aliphatic heterocycles. The Morgan fingerprint density at radius 3 is 2.19 bits per heavy atom. The van der Waals surface area contributed by atoms with Crippen LogP contribution in [0.5, 0.6) is 0 Å². The van der Waals surface area contributed by atoms with Gasteiger partial charge in [-0.25, -0.2) is 8.42 Å². The summed E-state index contributed by atoms with van der Waals surface area (Å²) in [6.07, 6.45) is 0. The first-order chi connectivity index (χ1) is 9.66. The van der Waals surface area contributed by atoms with Gasteiger partial charge in [-0.2, -0.15) is 0 Å². The van der Waals surface area contributed by atoms with E-state index in [0.29, 0.717) is 17.5 Å². The minimum atomic E-state index is -3.37. The van der Waals surface area contributed by atoms with E-state index >= 15 is 0 Å². The number of sulfonamides is 1. The number of rotatable bonds is 7. The highest BCUT2D eigenvalue weighted by Gasteiger charge is 2.18. The Bertz CT molecular complexity index is 568. The van der Waals surface area contributed by atoms with Gasteiger partial charge in [-0.15, -0.1) is 11.6 Å². The van der Waals surface area contributed by atoms with Crippen LogP contribution < -0.4 is 4.72 Å². The summed E-state index contributed by atoms with van der Waals surface area (Å²) in [4.78, 5) is 0. The molecule has 0 spiro atoms. The quantitative estimate of drug-likeness (QED) is 0.745. The molecule has 0 amide bonds. The number of hydrogen-bond donors (Lipinski definition) is 1. The molecule has 0 bridgehead atoms. The van der Waals surface area contributed by atoms with Gasteiger partial charge in [-0.3, -0.25) is 4.72 Å². The maximum Gasteiger partial charge on any atom is 0.233 e. The van der Waals surface area contributed by atoms with Gasteiger partial charge in [0, 0.05) is 5.88 Å². The highest BCUT2D eigenvalue weighted by Crippen LogP contribution is 2.29. The maximum atomic E-state index is 12.2. The molecular formula is C16H26ClNO2S. The fraction of sp³-hybridized carbons (Fsp3) is 0.625. The Balaban J connectivity index is 3.08. The number of nitrogens with one attached hydrogen (secondary N) is 1. The average molecular weight is 332 g/mol. The first kappa shape index (κ1) is 18.3. The molecule has 0 saturated carbocycles. The van der Waals surface area contributed by atoms with Gasteiger partial charge in [-0.1, -0.05) is 46.8 Å². The number of halogens is 1. The Morgan fingerprint density at radius 1 is 1.10 bits per heavy atom. The Hall–Kier alpha value is -0.740. The lowest BCUT2D eigenvalue weighted by molar-refractivity contribution is 0.588. The van der Waals surface area contributed by atoms with Gasteiger partial charge in [0.2, 0.25) is 10.0 Å². The van der Waals surface area contributed by atoms with Gasteiger partial charge in [-0.05, 0) is 34.9 Å². The summed E-state index contributed by atoms with van der Waals surface area (Å²) in [5.41, 5.74) is 2.93. The van der Waals surface area contributed by atoms with Gasteiger partial charge in [0.25, 0.3) is 0 Å².